The lowest BCUT2D eigenvalue weighted by Crippen LogP contribution is -2.25. The minimum atomic E-state index is -4.75. The Morgan fingerprint density at radius 1 is 0.725 bits per heavy atom. The van der Waals surface area contributed by atoms with Crippen molar-refractivity contribution in [2.75, 3.05) is 24.7 Å². The van der Waals surface area contributed by atoms with Crippen LogP contribution in [0, 0.1) is 0 Å². The molecular formula is C35H27F6N5O4S. The van der Waals surface area contributed by atoms with Gasteiger partial charge in [0.25, 0.3) is 11.8 Å². The number of carbonyl (C=O) groups excluding carboxylic acids is 2. The van der Waals surface area contributed by atoms with Gasteiger partial charge in [0, 0.05) is 42.8 Å². The number of aromatic nitrogens is 2. The third-order valence-corrected chi connectivity index (χ3v) is 9.15. The molecule has 0 spiro atoms. The first kappa shape index (κ1) is 36.5. The zero-order chi connectivity index (χ0) is 37.1. The molecule has 1 aromatic heterocycles. The zero-order valence-electron chi connectivity index (χ0n) is 26.6. The molecule has 0 radical (unpaired) electrons. The molecule has 4 aromatic carbocycles. The van der Waals surface area contributed by atoms with Gasteiger partial charge in [0.1, 0.15) is 11.3 Å². The highest BCUT2D eigenvalue weighted by atomic mass is 32.2. The summed E-state index contributed by atoms with van der Waals surface area (Å²) in [5.41, 5.74) is -2.61. The van der Waals surface area contributed by atoms with Gasteiger partial charge < -0.3 is 10.6 Å². The molecule has 0 aliphatic rings. The van der Waals surface area contributed by atoms with E-state index in [1.54, 1.807) is 30.3 Å². The maximum absolute atomic E-state index is 13.7. The summed E-state index contributed by atoms with van der Waals surface area (Å²) in [5.74, 6) is -2.41. The summed E-state index contributed by atoms with van der Waals surface area (Å²) in [6, 6.07) is 21.5. The van der Waals surface area contributed by atoms with E-state index in [1.165, 1.54) is 49.2 Å². The highest BCUT2D eigenvalue weighted by Crippen LogP contribution is 2.33. The van der Waals surface area contributed by atoms with Crippen LogP contribution in [0.1, 0.15) is 16.7 Å². The number of anilines is 2. The lowest BCUT2D eigenvalue weighted by molar-refractivity contribution is -0.138. The number of alkyl halides is 6. The molecule has 51 heavy (non-hydrogen) atoms. The number of benzene rings is 4. The minimum absolute atomic E-state index is 0.0756. The number of sulfonamides is 1. The number of amides is 2. The summed E-state index contributed by atoms with van der Waals surface area (Å²) in [5, 5.41) is 9.10. The van der Waals surface area contributed by atoms with Crippen LogP contribution in [0.4, 0.5) is 37.7 Å². The molecule has 0 atom stereocenters. The number of hydrogen-bond acceptors (Lipinski definition) is 5. The van der Waals surface area contributed by atoms with Crippen molar-refractivity contribution >= 4 is 39.3 Å². The Hall–Kier alpha value is -5.74. The zero-order valence-corrected chi connectivity index (χ0v) is 27.4. The minimum Gasteiger partial charge on any atom is -0.322 e. The second kappa shape index (κ2) is 14.2. The van der Waals surface area contributed by atoms with Crippen LogP contribution in [0.2, 0.25) is 0 Å². The van der Waals surface area contributed by atoms with Gasteiger partial charge in [-0.1, -0.05) is 42.5 Å². The number of para-hydroxylation sites is 1. The van der Waals surface area contributed by atoms with Gasteiger partial charge in [-0.05, 0) is 66.7 Å². The number of halogens is 6. The highest BCUT2D eigenvalue weighted by molar-refractivity contribution is 7.89. The quantitative estimate of drug-likeness (QED) is 0.0708. The average Bonchev–Trinajstić information content (AvgIpc) is 3.51. The van der Waals surface area contributed by atoms with Crippen LogP contribution in [0.25, 0.3) is 23.0 Å². The van der Waals surface area contributed by atoms with Crippen LogP contribution in [-0.4, -0.2) is 48.4 Å². The fourth-order valence-corrected chi connectivity index (χ4v) is 5.73. The van der Waals surface area contributed by atoms with Crippen molar-refractivity contribution in [1.82, 2.24) is 14.1 Å². The van der Waals surface area contributed by atoms with Gasteiger partial charge >= 0.3 is 12.4 Å². The summed E-state index contributed by atoms with van der Waals surface area (Å²) in [7, 11) is -1.23. The van der Waals surface area contributed by atoms with Crippen molar-refractivity contribution in [1.29, 1.82) is 0 Å². The van der Waals surface area contributed by atoms with Gasteiger partial charge in [-0.25, -0.2) is 17.4 Å². The SMILES string of the molecule is CN(C)S(=O)(=O)c1cccc(-c2nn(-c3ccccc3)cc2C=C(C(=O)Nc2cccc(C(F)(F)F)c2)C(=O)Nc2cccc(C(F)(F)F)c2)c1. The topological polar surface area (TPSA) is 113 Å². The fourth-order valence-electron chi connectivity index (χ4n) is 4.78. The molecule has 9 nitrogen and oxygen atoms in total. The molecule has 2 N–H and O–H groups in total. The van der Waals surface area contributed by atoms with Gasteiger partial charge in [0.15, 0.2) is 0 Å². The predicted octanol–water partition coefficient (Wildman–Crippen LogP) is 7.49. The van der Waals surface area contributed by atoms with Crippen molar-refractivity contribution in [2.24, 2.45) is 0 Å². The first-order chi connectivity index (χ1) is 23.9. The van der Waals surface area contributed by atoms with Gasteiger partial charge in [-0.2, -0.15) is 31.4 Å². The van der Waals surface area contributed by atoms with E-state index < -0.39 is 50.9 Å². The molecule has 16 heteroatoms. The summed E-state index contributed by atoms with van der Waals surface area (Å²) in [6.07, 6.45) is -7.03. The number of carbonyl (C=O) groups is 2. The van der Waals surface area contributed by atoms with Crippen molar-refractivity contribution in [2.45, 2.75) is 17.2 Å². The Balaban J connectivity index is 1.66. The van der Waals surface area contributed by atoms with E-state index in [0.717, 1.165) is 46.8 Å². The smallest absolute Gasteiger partial charge is 0.322 e. The van der Waals surface area contributed by atoms with Crippen molar-refractivity contribution < 1.29 is 44.3 Å². The number of hydrogen-bond donors (Lipinski definition) is 2. The van der Waals surface area contributed by atoms with E-state index in [9.17, 15) is 44.3 Å². The molecule has 0 unspecified atom stereocenters. The normalized spacial score (nSPS) is 12.0. The monoisotopic (exact) mass is 727 g/mol. The molecule has 0 fully saturated rings. The van der Waals surface area contributed by atoms with Crippen LogP contribution in [0.3, 0.4) is 0 Å². The van der Waals surface area contributed by atoms with Gasteiger partial charge in [0.05, 0.1) is 21.7 Å². The molecule has 5 aromatic rings. The maximum atomic E-state index is 13.7. The number of nitrogens with one attached hydrogen (secondary N) is 2. The van der Waals surface area contributed by atoms with Crippen LogP contribution in [0.5, 0.6) is 0 Å². The lowest BCUT2D eigenvalue weighted by atomic mass is 10.0. The van der Waals surface area contributed by atoms with E-state index in [-0.39, 0.29) is 33.1 Å². The van der Waals surface area contributed by atoms with Gasteiger partial charge in [-0.15, -0.1) is 0 Å². The molecule has 2 amide bonds. The van der Waals surface area contributed by atoms with Crippen LogP contribution >= 0.6 is 0 Å². The standard InChI is InChI=1S/C35H27F6N5O4S/c1-45(2)51(49,50)29-16-6-9-22(17-29)31-23(21-46(44-31)28-14-4-3-5-15-28)18-30(32(47)42-26-12-7-10-24(19-26)34(36,37)38)33(48)43-27-13-8-11-25(20-27)35(39,40)41/h3-21H,1-2H3,(H,42,47)(H,43,48). The fraction of sp³-hybridized carbons (Fsp3) is 0.114. The maximum Gasteiger partial charge on any atom is 0.416 e. The summed E-state index contributed by atoms with van der Waals surface area (Å²) < 4.78 is 109. The first-order valence-corrected chi connectivity index (χ1v) is 16.2. The molecule has 0 saturated carbocycles. The molecule has 0 bridgehead atoms. The molecule has 5 rings (SSSR count). The number of rotatable bonds is 9. The third kappa shape index (κ3) is 8.53. The van der Waals surface area contributed by atoms with Gasteiger partial charge in [0.2, 0.25) is 10.0 Å². The number of nitrogens with zero attached hydrogens (tertiary/aromatic N) is 3. The van der Waals surface area contributed by atoms with E-state index in [2.05, 4.69) is 15.7 Å². The Morgan fingerprint density at radius 3 is 1.76 bits per heavy atom. The second-order valence-corrected chi connectivity index (χ2v) is 13.3. The van der Waals surface area contributed by atoms with E-state index in [1.807, 2.05) is 0 Å². The summed E-state index contributed by atoms with van der Waals surface area (Å²) in [4.78, 5) is 27.3. The van der Waals surface area contributed by atoms with E-state index >= 15 is 0 Å². The summed E-state index contributed by atoms with van der Waals surface area (Å²) in [6.45, 7) is 0. The van der Waals surface area contributed by atoms with E-state index in [0.29, 0.717) is 17.8 Å². The van der Waals surface area contributed by atoms with Crippen LogP contribution in [-0.2, 0) is 32.0 Å². The van der Waals surface area contributed by atoms with Crippen LogP contribution in [0.15, 0.2) is 120 Å². The van der Waals surface area contributed by atoms with E-state index in [4.69, 9.17) is 0 Å². The third-order valence-electron chi connectivity index (χ3n) is 7.33. The first-order valence-electron chi connectivity index (χ1n) is 14.8. The molecule has 0 aliphatic carbocycles. The second-order valence-electron chi connectivity index (χ2n) is 11.2. The average molecular weight is 728 g/mol. The molecule has 264 valence electrons. The Morgan fingerprint density at radius 2 is 1.25 bits per heavy atom. The predicted molar refractivity (Wildman–Crippen MR) is 178 cm³/mol. The molecule has 1 heterocycles. The van der Waals surface area contributed by atoms with Crippen LogP contribution < -0.4 is 10.6 Å². The molecular weight excluding hydrogens is 700 g/mol. The highest BCUT2D eigenvalue weighted by Gasteiger charge is 2.32. The van der Waals surface area contributed by atoms with Crippen molar-refractivity contribution in [3.05, 3.63) is 132 Å². The summed E-state index contributed by atoms with van der Waals surface area (Å²) >= 11 is 0. The molecule has 0 aliphatic heterocycles. The van der Waals surface area contributed by atoms with Crippen molar-refractivity contribution in [3.8, 4) is 16.9 Å². The van der Waals surface area contributed by atoms with Gasteiger partial charge in [-0.3, -0.25) is 9.59 Å². The molecule has 0 saturated heterocycles. The Kier molecular flexibility index (Phi) is 10.2. The lowest BCUT2D eigenvalue weighted by Gasteiger charge is -2.13. The Bertz CT molecular complexity index is 2160. The van der Waals surface area contributed by atoms with Crippen molar-refractivity contribution in [3.63, 3.8) is 0 Å². The Labute approximate surface area is 287 Å². The largest absolute Gasteiger partial charge is 0.416 e.